The number of hydrogen-bond donors (Lipinski definition) is 0. The summed E-state index contributed by atoms with van der Waals surface area (Å²) in [5.74, 6) is 0.356. The van der Waals surface area contributed by atoms with Gasteiger partial charge in [0.1, 0.15) is 17.4 Å². The quantitative estimate of drug-likeness (QED) is 0.343. The van der Waals surface area contributed by atoms with E-state index in [1.165, 1.54) is 13.2 Å². The van der Waals surface area contributed by atoms with Gasteiger partial charge in [0, 0.05) is 11.5 Å². The molecule has 0 spiro atoms. The van der Waals surface area contributed by atoms with Crippen LogP contribution in [0.5, 0.6) is 5.75 Å². The normalized spacial score (nSPS) is 11.4. The first-order chi connectivity index (χ1) is 12.0. The Balaban J connectivity index is 2.07. The molecule has 124 valence electrons. The van der Waals surface area contributed by atoms with E-state index in [-0.39, 0.29) is 21.2 Å². The third kappa shape index (κ3) is 3.25. The molecule has 0 aliphatic heterocycles. The number of hydrogen-bond acceptors (Lipinski definition) is 4. The summed E-state index contributed by atoms with van der Waals surface area (Å²) in [5.41, 5.74) is 0.497. The second-order valence-electron chi connectivity index (χ2n) is 5.12. The number of halogens is 2. The molecule has 1 heterocycles. The molecule has 0 atom stereocenters. The van der Waals surface area contributed by atoms with Crippen LogP contribution in [0.3, 0.4) is 0 Å². The van der Waals surface area contributed by atoms with Crippen molar-refractivity contribution in [1.29, 1.82) is 5.26 Å². The van der Waals surface area contributed by atoms with Gasteiger partial charge >= 0.3 is 0 Å². The summed E-state index contributed by atoms with van der Waals surface area (Å²) in [7, 11) is 1.54. The molecule has 1 aromatic heterocycles. The third-order valence-corrected chi connectivity index (χ3v) is 4.22. The number of allylic oxidation sites excluding steroid dienone is 1. The number of methoxy groups -OCH3 is 1. The van der Waals surface area contributed by atoms with Crippen molar-refractivity contribution in [1.82, 2.24) is 0 Å². The maximum atomic E-state index is 12.6. The molecule has 4 nitrogen and oxygen atoms in total. The van der Waals surface area contributed by atoms with Crippen LogP contribution in [0.15, 0.2) is 52.5 Å². The Labute approximate surface area is 153 Å². The molecule has 0 amide bonds. The number of ketones is 1. The van der Waals surface area contributed by atoms with Crippen molar-refractivity contribution in [2.45, 2.75) is 0 Å². The Morgan fingerprint density at radius 3 is 2.52 bits per heavy atom. The average Bonchev–Trinajstić information content (AvgIpc) is 3.01. The van der Waals surface area contributed by atoms with Gasteiger partial charge in [0.15, 0.2) is 11.3 Å². The zero-order valence-electron chi connectivity index (χ0n) is 13.0. The number of ether oxygens (including phenoxy) is 1. The fourth-order valence-corrected chi connectivity index (χ4v) is 3.00. The zero-order valence-corrected chi connectivity index (χ0v) is 14.6. The van der Waals surface area contributed by atoms with Crippen molar-refractivity contribution in [3.8, 4) is 11.8 Å². The lowest BCUT2D eigenvalue weighted by atomic mass is 10.0. The zero-order chi connectivity index (χ0) is 18.0. The minimum Gasteiger partial charge on any atom is -0.493 e. The van der Waals surface area contributed by atoms with Crippen molar-refractivity contribution in [3.05, 3.63) is 69.4 Å². The highest BCUT2D eigenvalue weighted by atomic mass is 35.5. The lowest BCUT2D eigenvalue weighted by Crippen LogP contribution is -2.03. The molecule has 2 aromatic carbocycles. The Hall–Kier alpha value is -2.74. The molecular weight excluding hydrogens is 361 g/mol. The summed E-state index contributed by atoms with van der Waals surface area (Å²) < 4.78 is 10.9. The van der Waals surface area contributed by atoms with Crippen LogP contribution in [0.1, 0.15) is 16.1 Å². The van der Waals surface area contributed by atoms with E-state index in [1.807, 2.05) is 18.2 Å². The molecule has 0 saturated carbocycles. The molecule has 3 rings (SSSR count). The van der Waals surface area contributed by atoms with E-state index in [0.29, 0.717) is 17.1 Å². The molecule has 3 aromatic rings. The molecule has 0 N–H and O–H groups in total. The van der Waals surface area contributed by atoms with Crippen LogP contribution in [0.2, 0.25) is 10.0 Å². The van der Waals surface area contributed by atoms with Crippen molar-refractivity contribution in [2.24, 2.45) is 0 Å². The third-order valence-electron chi connectivity index (χ3n) is 3.59. The molecule has 0 saturated heterocycles. The molecule has 6 heteroatoms. The first kappa shape index (κ1) is 17.1. The number of benzene rings is 2. The second kappa shape index (κ2) is 7.02. The number of carbonyl (C=O) groups is 1. The van der Waals surface area contributed by atoms with E-state index in [9.17, 15) is 10.1 Å². The second-order valence-corrected chi connectivity index (χ2v) is 5.94. The van der Waals surface area contributed by atoms with Gasteiger partial charge in [0.05, 0.1) is 22.7 Å². The SMILES string of the molecule is COc1cccc2cc(/C=C(\C#N)C(=O)c3c(Cl)cccc3Cl)oc12. The Kier molecular flexibility index (Phi) is 4.80. The molecule has 0 aliphatic carbocycles. The number of para-hydroxylation sites is 1. The van der Waals surface area contributed by atoms with E-state index in [1.54, 1.807) is 30.3 Å². The van der Waals surface area contributed by atoms with Gasteiger partial charge in [-0.3, -0.25) is 4.79 Å². The van der Waals surface area contributed by atoms with Gasteiger partial charge in [-0.15, -0.1) is 0 Å². The molecule has 0 bridgehead atoms. The van der Waals surface area contributed by atoms with Crippen molar-refractivity contribution in [2.75, 3.05) is 7.11 Å². The topological polar surface area (TPSA) is 63.2 Å². The minimum atomic E-state index is -0.564. The van der Waals surface area contributed by atoms with E-state index >= 15 is 0 Å². The van der Waals surface area contributed by atoms with E-state index in [0.717, 1.165) is 5.39 Å². The summed E-state index contributed by atoms with van der Waals surface area (Å²) in [6.45, 7) is 0. The molecule has 25 heavy (non-hydrogen) atoms. The summed E-state index contributed by atoms with van der Waals surface area (Å²) in [6, 6.07) is 13.7. The summed E-state index contributed by atoms with van der Waals surface area (Å²) >= 11 is 12.1. The lowest BCUT2D eigenvalue weighted by Gasteiger charge is -2.04. The van der Waals surface area contributed by atoms with Crippen LogP contribution in [-0.2, 0) is 0 Å². The lowest BCUT2D eigenvalue weighted by molar-refractivity contribution is 0.104. The van der Waals surface area contributed by atoms with E-state index < -0.39 is 5.78 Å². The van der Waals surface area contributed by atoms with Crippen LogP contribution in [0, 0.1) is 11.3 Å². The highest BCUT2D eigenvalue weighted by Gasteiger charge is 2.19. The number of fused-ring (bicyclic) bond motifs is 1. The van der Waals surface area contributed by atoms with Crippen LogP contribution >= 0.6 is 23.2 Å². The van der Waals surface area contributed by atoms with Crippen molar-refractivity contribution < 1.29 is 13.9 Å². The summed E-state index contributed by atoms with van der Waals surface area (Å²) in [6.07, 6.45) is 1.36. The van der Waals surface area contributed by atoms with E-state index in [2.05, 4.69) is 0 Å². The predicted molar refractivity (Wildman–Crippen MR) is 97.1 cm³/mol. The van der Waals surface area contributed by atoms with Crippen molar-refractivity contribution in [3.63, 3.8) is 0 Å². The van der Waals surface area contributed by atoms with Gasteiger partial charge < -0.3 is 9.15 Å². The van der Waals surface area contributed by atoms with Gasteiger partial charge in [-0.1, -0.05) is 41.4 Å². The standard InChI is InChI=1S/C19H11Cl2NO3/c1-24-16-7-2-4-11-8-13(25-19(11)16)9-12(10-22)18(23)17-14(20)5-3-6-15(17)21/h2-9H,1H3/b12-9+. The maximum absolute atomic E-state index is 12.6. The highest BCUT2D eigenvalue weighted by Crippen LogP contribution is 2.31. The Morgan fingerprint density at radius 1 is 1.20 bits per heavy atom. The highest BCUT2D eigenvalue weighted by molar-refractivity contribution is 6.41. The molecule has 0 fully saturated rings. The predicted octanol–water partition coefficient (Wildman–Crippen LogP) is 5.54. The first-order valence-electron chi connectivity index (χ1n) is 7.22. The number of furan rings is 1. The monoisotopic (exact) mass is 371 g/mol. The fraction of sp³-hybridized carbons (Fsp3) is 0.0526. The number of nitrogens with zero attached hydrogens (tertiary/aromatic N) is 1. The molecule has 0 unspecified atom stereocenters. The molecule has 0 aliphatic rings. The van der Waals surface area contributed by atoms with Crippen LogP contribution in [0.4, 0.5) is 0 Å². The van der Waals surface area contributed by atoms with Gasteiger partial charge in [-0.05, 0) is 24.3 Å². The van der Waals surface area contributed by atoms with Gasteiger partial charge in [0.25, 0.3) is 0 Å². The average molecular weight is 372 g/mol. The van der Waals surface area contributed by atoms with Gasteiger partial charge in [-0.2, -0.15) is 5.26 Å². The van der Waals surface area contributed by atoms with Crippen LogP contribution in [0.25, 0.3) is 17.0 Å². The summed E-state index contributed by atoms with van der Waals surface area (Å²) in [4.78, 5) is 12.6. The number of rotatable bonds is 4. The van der Waals surface area contributed by atoms with Crippen LogP contribution in [-0.4, -0.2) is 12.9 Å². The van der Waals surface area contributed by atoms with Crippen LogP contribution < -0.4 is 4.74 Å². The maximum Gasteiger partial charge on any atom is 0.206 e. The number of nitriles is 1. The molecule has 0 radical (unpaired) electrons. The largest absolute Gasteiger partial charge is 0.493 e. The van der Waals surface area contributed by atoms with Gasteiger partial charge in [-0.25, -0.2) is 0 Å². The first-order valence-corrected chi connectivity index (χ1v) is 7.97. The Bertz CT molecular complexity index is 1020. The van der Waals surface area contributed by atoms with E-state index in [4.69, 9.17) is 32.4 Å². The Morgan fingerprint density at radius 2 is 1.88 bits per heavy atom. The minimum absolute atomic E-state index is 0.0901. The fourth-order valence-electron chi connectivity index (χ4n) is 2.43. The smallest absolute Gasteiger partial charge is 0.206 e. The number of carbonyl (C=O) groups excluding carboxylic acids is 1. The molecular formula is C19H11Cl2NO3. The number of Topliss-reactive ketones (excluding diaryl/α,β-unsaturated/α-hetero) is 1. The van der Waals surface area contributed by atoms with Crippen molar-refractivity contribution >= 4 is 46.0 Å². The summed E-state index contributed by atoms with van der Waals surface area (Å²) in [5, 5.41) is 10.6. The van der Waals surface area contributed by atoms with Gasteiger partial charge in [0.2, 0.25) is 5.78 Å².